The van der Waals surface area contributed by atoms with E-state index < -0.39 is 22.0 Å². The lowest BCUT2D eigenvalue weighted by molar-refractivity contribution is -0.140. The quantitative estimate of drug-likeness (QED) is 0.575. The van der Waals surface area contributed by atoms with Crippen molar-refractivity contribution in [1.29, 1.82) is 0 Å². The van der Waals surface area contributed by atoms with E-state index in [1.54, 1.807) is 48.2 Å². The summed E-state index contributed by atoms with van der Waals surface area (Å²) in [7, 11) is -3.18. The zero-order chi connectivity index (χ0) is 22.1. The minimum atomic E-state index is -3.18. The average Bonchev–Trinajstić information content (AvgIpc) is 3.03. The Hall–Kier alpha value is -1.47. The number of benzene rings is 2. The van der Waals surface area contributed by atoms with Gasteiger partial charge in [0.15, 0.2) is 15.9 Å². The van der Waals surface area contributed by atoms with E-state index in [9.17, 15) is 13.2 Å². The second-order valence-corrected chi connectivity index (χ2v) is 10.9. The van der Waals surface area contributed by atoms with Crippen molar-refractivity contribution in [1.82, 2.24) is 4.90 Å². The van der Waals surface area contributed by atoms with Gasteiger partial charge in [-0.15, -0.1) is 0 Å². The van der Waals surface area contributed by atoms with Gasteiger partial charge in [-0.2, -0.15) is 0 Å². The lowest BCUT2D eigenvalue weighted by Crippen LogP contribution is -2.46. The van der Waals surface area contributed by atoms with E-state index in [0.29, 0.717) is 32.8 Å². The van der Waals surface area contributed by atoms with Crippen LogP contribution < -0.4 is 4.74 Å². The highest BCUT2D eigenvalue weighted by atomic mass is 35.5. The first kappa shape index (κ1) is 23.2. The lowest BCUT2D eigenvalue weighted by atomic mass is 10.1. The van der Waals surface area contributed by atoms with Crippen LogP contribution in [0.5, 0.6) is 5.75 Å². The normalized spacial score (nSPS) is 18.8. The summed E-state index contributed by atoms with van der Waals surface area (Å²) in [6.45, 7) is 3.66. The van der Waals surface area contributed by atoms with Crippen LogP contribution >= 0.6 is 34.8 Å². The highest BCUT2D eigenvalue weighted by Crippen LogP contribution is 2.27. The molecule has 0 aliphatic carbocycles. The molecule has 2 aromatic rings. The Morgan fingerprint density at radius 2 is 1.90 bits per heavy atom. The molecule has 0 spiro atoms. The molecule has 5 nitrogen and oxygen atoms in total. The predicted octanol–water partition coefficient (Wildman–Crippen LogP) is 4.94. The summed E-state index contributed by atoms with van der Waals surface area (Å²) in [6.07, 6.45) is -0.438. The van der Waals surface area contributed by atoms with E-state index in [2.05, 4.69) is 0 Å². The molecule has 1 heterocycles. The van der Waals surface area contributed by atoms with Gasteiger partial charge in [0.25, 0.3) is 5.91 Å². The first-order valence-electron chi connectivity index (χ1n) is 9.43. The van der Waals surface area contributed by atoms with Gasteiger partial charge < -0.3 is 9.64 Å². The first-order valence-corrected chi connectivity index (χ1v) is 12.4. The number of amides is 1. The van der Waals surface area contributed by atoms with Crippen molar-refractivity contribution in [2.24, 2.45) is 0 Å². The smallest absolute Gasteiger partial charge is 0.263 e. The number of sulfone groups is 1. The molecule has 3 rings (SSSR count). The molecule has 162 valence electrons. The summed E-state index contributed by atoms with van der Waals surface area (Å²) in [4.78, 5) is 14.8. The lowest BCUT2D eigenvalue weighted by Gasteiger charge is -2.31. The van der Waals surface area contributed by atoms with Gasteiger partial charge in [0, 0.05) is 27.7 Å². The molecule has 30 heavy (non-hydrogen) atoms. The molecule has 0 unspecified atom stereocenters. The number of hydrogen-bond donors (Lipinski definition) is 0. The molecule has 9 heteroatoms. The maximum absolute atomic E-state index is 13.3. The van der Waals surface area contributed by atoms with Gasteiger partial charge in [0.2, 0.25) is 0 Å². The standard InChI is InChI=1S/C21H22Cl3NO4S/c1-13-9-18(5-6-19(13)23)29-14(2)21(26)25(17-7-8-30(27,28)12-17)11-15-3-4-16(22)10-20(15)24/h3-6,9-10,14,17H,7-8,11-12H2,1-2H3/t14-,17-/m0/s1. The summed E-state index contributed by atoms with van der Waals surface area (Å²) in [5.41, 5.74) is 1.52. The van der Waals surface area contributed by atoms with Crippen LogP contribution in [0.1, 0.15) is 24.5 Å². The zero-order valence-electron chi connectivity index (χ0n) is 16.6. The molecular weight excluding hydrogens is 469 g/mol. The number of aryl methyl sites for hydroxylation is 1. The average molecular weight is 491 g/mol. The summed E-state index contributed by atoms with van der Waals surface area (Å²) in [6, 6.07) is 9.75. The highest BCUT2D eigenvalue weighted by molar-refractivity contribution is 7.91. The van der Waals surface area contributed by atoms with Gasteiger partial charge in [-0.1, -0.05) is 40.9 Å². The van der Waals surface area contributed by atoms with Crippen molar-refractivity contribution >= 4 is 50.5 Å². The summed E-state index contributed by atoms with van der Waals surface area (Å²) in [5.74, 6) is 0.190. The molecule has 1 amide bonds. The molecule has 0 radical (unpaired) electrons. The van der Waals surface area contributed by atoms with E-state index in [-0.39, 0.29) is 24.0 Å². The number of nitrogens with zero attached hydrogens (tertiary/aromatic N) is 1. The highest BCUT2D eigenvalue weighted by Gasteiger charge is 2.37. The van der Waals surface area contributed by atoms with Crippen LogP contribution in [0.15, 0.2) is 36.4 Å². The van der Waals surface area contributed by atoms with Crippen LogP contribution in [0.4, 0.5) is 0 Å². The Balaban J connectivity index is 1.84. The molecule has 1 aliphatic rings. The fraction of sp³-hybridized carbons (Fsp3) is 0.381. The van der Waals surface area contributed by atoms with Crippen molar-refractivity contribution in [3.05, 3.63) is 62.6 Å². The van der Waals surface area contributed by atoms with Crippen LogP contribution in [0.2, 0.25) is 15.1 Å². The molecule has 2 aromatic carbocycles. The summed E-state index contributed by atoms with van der Waals surface area (Å²) >= 11 is 18.3. The predicted molar refractivity (Wildman–Crippen MR) is 120 cm³/mol. The number of ether oxygens (including phenoxy) is 1. The topological polar surface area (TPSA) is 63.7 Å². The van der Waals surface area contributed by atoms with Gasteiger partial charge in [-0.05, 0) is 61.7 Å². The van der Waals surface area contributed by atoms with E-state index in [0.717, 1.165) is 5.56 Å². The molecule has 0 aromatic heterocycles. The maximum Gasteiger partial charge on any atom is 0.263 e. The third kappa shape index (κ3) is 5.61. The molecule has 0 bridgehead atoms. The zero-order valence-corrected chi connectivity index (χ0v) is 19.7. The van der Waals surface area contributed by atoms with Crippen LogP contribution in [0.3, 0.4) is 0 Å². The van der Waals surface area contributed by atoms with Gasteiger partial charge >= 0.3 is 0 Å². The Morgan fingerprint density at radius 1 is 1.17 bits per heavy atom. The third-order valence-electron chi connectivity index (χ3n) is 5.08. The Kier molecular flexibility index (Phi) is 7.23. The summed E-state index contributed by atoms with van der Waals surface area (Å²) in [5, 5.41) is 1.51. The maximum atomic E-state index is 13.3. The second-order valence-electron chi connectivity index (χ2n) is 7.43. The molecule has 1 saturated heterocycles. The van der Waals surface area contributed by atoms with Crippen molar-refractivity contribution < 1.29 is 17.9 Å². The van der Waals surface area contributed by atoms with E-state index in [4.69, 9.17) is 39.5 Å². The van der Waals surface area contributed by atoms with Crippen molar-refractivity contribution in [2.75, 3.05) is 11.5 Å². The van der Waals surface area contributed by atoms with Crippen LogP contribution in [0.25, 0.3) is 0 Å². The monoisotopic (exact) mass is 489 g/mol. The Bertz CT molecular complexity index is 1060. The second kappa shape index (κ2) is 9.35. The number of carbonyl (C=O) groups is 1. The van der Waals surface area contributed by atoms with Gasteiger partial charge in [0.1, 0.15) is 5.75 Å². The molecule has 1 fully saturated rings. The summed E-state index contributed by atoms with van der Waals surface area (Å²) < 4.78 is 29.9. The Labute approximate surface area is 191 Å². The van der Waals surface area contributed by atoms with Crippen molar-refractivity contribution in [3.8, 4) is 5.75 Å². The molecule has 0 N–H and O–H groups in total. The van der Waals surface area contributed by atoms with Crippen LogP contribution in [0, 0.1) is 6.92 Å². The number of halogens is 3. The molecule has 1 aliphatic heterocycles. The number of hydrogen-bond acceptors (Lipinski definition) is 4. The fourth-order valence-corrected chi connectivity index (χ4v) is 5.74. The molecular formula is C21H22Cl3NO4S. The van der Waals surface area contributed by atoms with Gasteiger partial charge in [0.05, 0.1) is 11.5 Å². The minimum absolute atomic E-state index is 0.0570. The van der Waals surface area contributed by atoms with E-state index >= 15 is 0 Å². The fourth-order valence-electron chi connectivity index (χ4n) is 3.42. The Morgan fingerprint density at radius 3 is 2.50 bits per heavy atom. The van der Waals surface area contributed by atoms with Crippen molar-refractivity contribution in [3.63, 3.8) is 0 Å². The van der Waals surface area contributed by atoms with Crippen LogP contribution in [-0.4, -0.2) is 42.9 Å². The third-order valence-corrected chi connectivity index (χ3v) is 7.84. The number of carbonyl (C=O) groups excluding carboxylic acids is 1. The largest absolute Gasteiger partial charge is 0.481 e. The van der Waals surface area contributed by atoms with Gasteiger partial charge in [-0.3, -0.25) is 4.79 Å². The van der Waals surface area contributed by atoms with E-state index in [1.165, 1.54) is 0 Å². The first-order chi connectivity index (χ1) is 14.1. The van der Waals surface area contributed by atoms with Crippen LogP contribution in [-0.2, 0) is 21.2 Å². The number of rotatable bonds is 6. The van der Waals surface area contributed by atoms with E-state index in [1.807, 2.05) is 6.92 Å². The minimum Gasteiger partial charge on any atom is -0.481 e. The van der Waals surface area contributed by atoms with Gasteiger partial charge in [-0.25, -0.2) is 8.42 Å². The van der Waals surface area contributed by atoms with Crippen molar-refractivity contribution in [2.45, 2.75) is 39.0 Å². The molecule has 2 atom stereocenters. The SMILES string of the molecule is Cc1cc(O[C@@H](C)C(=O)N(Cc2ccc(Cl)cc2Cl)[C@H]2CCS(=O)(=O)C2)ccc1Cl. The molecule has 0 saturated carbocycles.